The third-order valence-electron chi connectivity index (χ3n) is 2.22. The first-order chi connectivity index (χ1) is 5.48. The van der Waals surface area contributed by atoms with Gasteiger partial charge in [-0.25, -0.2) is 0 Å². The topological polar surface area (TPSA) is 0 Å². The van der Waals surface area contributed by atoms with E-state index in [1.807, 2.05) is 0 Å². The van der Waals surface area contributed by atoms with Gasteiger partial charge in [0.05, 0.1) is 0 Å². The molecule has 0 nitrogen and oxygen atoms in total. The van der Waals surface area contributed by atoms with Gasteiger partial charge in [-0.15, -0.1) is 0 Å². The van der Waals surface area contributed by atoms with Crippen molar-refractivity contribution in [3.63, 3.8) is 0 Å². The summed E-state index contributed by atoms with van der Waals surface area (Å²) in [5, 5.41) is 0. The van der Waals surface area contributed by atoms with Crippen molar-refractivity contribution < 1.29 is 0 Å². The summed E-state index contributed by atoms with van der Waals surface area (Å²) in [4.78, 5) is 0. The lowest BCUT2D eigenvalue weighted by Crippen LogP contribution is -2.11. The Morgan fingerprint density at radius 3 is 2.42 bits per heavy atom. The molecule has 0 aromatic heterocycles. The Morgan fingerprint density at radius 2 is 2.00 bits per heavy atom. The number of rotatable bonds is 5. The van der Waals surface area contributed by atoms with E-state index in [0.29, 0.717) is 11.3 Å². The van der Waals surface area contributed by atoms with E-state index in [4.69, 9.17) is 0 Å². The minimum Gasteiger partial charge on any atom is -0.0916 e. The van der Waals surface area contributed by atoms with E-state index in [0.717, 1.165) is 0 Å². The molecule has 0 fully saturated rings. The summed E-state index contributed by atoms with van der Waals surface area (Å²) in [5.41, 5.74) is 0.457. The molecule has 12 heavy (non-hydrogen) atoms. The summed E-state index contributed by atoms with van der Waals surface area (Å²) < 4.78 is 0. The molecule has 1 unspecified atom stereocenters. The van der Waals surface area contributed by atoms with E-state index >= 15 is 0 Å². The van der Waals surface area contributed by atoms with Crippen LogP contribution in [-0.4, -0.2) is 0 Å². The molecule has 0 aromatic carbocycles. The van der Waals surface area contributed by atoms with Gasteiger partial charge in [-0.3, -0.25) is 0 Å². The second-order valence-electron chi connectivity index (χ2n) is 4.58. The largest absolute Gasteiger partial charge is 0.0916 e. The van der Waals surface area contributed by atoms with E-state index in [2.05, 4.69) is 46.8 Å². The predicted molar refractivity (Wildman–Crippen MR) is 57.0 cm³/mol. The van der Waals surface area contributed by atoms with Crippen molar-refractivity contribution in [3.05, 3.63) is 19.1 Å². The van der Waals surface area contributed by atoms with Crippen molar-refractivity contribution in [2.45, 2.75) is 47.0 Å². The lowest BCUT2D eigenvalue weighted by Gasteiger charge is -2.23. The quantitative estimate of drug-likeness (QED) is 0.537. The van der Waals surface area contributed by atoms with Gasteiger partial charge in [0.2, 0.25) is 0 Å². The maximum Gasteiger partial charge on any atom is -0.0299 e. The molecule has 0 aliphatic rings. The Kier molecular flexibility index (Phi) is 5.28. The van der Waals surface area contributed by atoms with Crippen LogP contribution >= 0.6 is 0 Å². The second kappa shape index (κ2) is 5.40. The number of hydrogen-bond acceptors (Lipinski definition) is 0. The molecule has 0 rings (SSSR count). The minimum atomic E-state index is 0.457. The maximum atomic E-state index is 4.00. The molecule has 0 aliphatic carbocycles. The monoisotopic (exact) mass is 167 g/mol. The molecule has 0 saturated heterocycles. The molecule has 0 heteroatoms. The Bertz CT molecular complexity index is 129. The molecule has 0 aromatic rings. The SMILES string of the molecule is [CH2]C(C)CCC(C)(C)CC=CC. The highest BCUT2D eigenvalue weighted by Crippen LogP contribution is 2.28. The molecule has 0 heterocycles. The zero-order chi connectivity index (χ0) is 9.61. The highest BCUT2D eigenvalue weighted by molar-refractivity contribution is 4.84. The van der Waals surface area contributed by atoms with Crippen molar-refractivity contribution in [2.75, 3.05) is 0 Å². The number of hydrogen-bond donors (Lipinski definition) is 0. The fraction of sp³-hybridized carbons (Fsp3) is 0.750. The minimum absolute atomic E-state index is 0.457. The van der Waals surface area contributed by atoms with Crippen molar-refractivity contribution in [2.24, 2.45) is 11.3 Å². The Morgan fingerprint density at radius 1 is 1.42 bits per heavy atom. The van der Waals surface area contributed by atoms with Gasteiger partial charge in [0.15, 0.2) is 0 Å². The third-order valence-corrected chi connectivity index (χ3v) is 2.22. The molecule has 0 amide bonds. The molecular weight excluding hydrogens is 144 g/mol. The van der Waals surface area contributed by atoms with Crippen LogP contribution in [0, 0.1) is 18.3 Å². The van der Waals surface area contributed by atoms with E-state index in [-0.39, 0.29) is 0 Å². The molecule has 0 saturated carbocycles. The molecular formula is C12H23. The van der Waals surface area contributed by atoms with E-state index in [1.165, 1.54) is 19.3 Å². The molecule has 71 valence electrons. The Hall–Kier alpha value is -0.260. The fourth-order valence-corrected chi connectivity index (χ4v) is 1.18. The van der Waals surface area contributed by atoms with Crippen molar-refractivity contribution >= 4 is 0 Å². The van der Waals surface area contributed by atoms with Crippen molar-refractivity contribution in [1.82, 2.24) is 0 Å². The summed E-state index contributed by atoms with van der Waals surface area (Å²) in [6, 6.07) is 0. The lowest BCUT2D eigenvalue weighted by atomic mass is 9.82. The third kappa shape index (κ3) is 6.45. The van der Waals surface area contributed by atoms with Crippen LogP contribution in [-0.2, 0) is 0 Å². The smallest absolute Gasteiger partial charge is 0.0299 e. The van der Waals surface area contributed by atoms with Gasteiger partial charge in [0.1, 0.15) is 0 Å². The molecule has 1 radical (unpaired) electrons. The highest BCUT2D eigenvalue weighted by atomic mass is 14.2. The van der Waals surface area contributed by atoms with Crippen molar-refractivity contribution in [1.29, 1.82) is 0 Å². The van der Waals surface area contributed by atoms with Crippen LogP contribution in [0.3, 0.4) is 0 Å². The first-order valence-electron chi connectivity index (χ1n) is 4.92. The molecule has 1 atom stereocenters. The van der Waals surface area contributed by atoms with Gasteiger partial charge in [-0.1, -0.05) is 46.3 Å². The fourth-order valence-electron chi connectivity index (χ4n) is 1.18. The summed E-state index contributed by atoms with van der Waals surface area (Å²) in [6.07, 6.45) is 8.10. The van der Waals surface area contributed by atoms with Crippen molar-refractivity contribution in [3.8, 4) is 0 Å². The summed E-state index contributed by atoms with van der Waals surface area (Å²) in [6.45, 7) is 12.9. The molecule has 0 N–H and O–H groups in total. The molecule has 0 bridgehead atoms. The predicted octanol–water partition coefficient (Wildman–Crippen LogP) is 4.23. The normalized spacial score (nSPS) is 13.2. The first kappa shape index (κ1) is 11.7. The van der Waals surface area contributed by atoms with Gasteiger partial charge in [-0.2, -0.15) is 0 Å². The maximum absolute atomic E-state index is 4.00. The second-order valence-corrected chi connectivity index (χ2v) is 4.58. The zero-order valence-electron chi connectivity index (χ0n) is 9.06. The summed E-state index contributed by atoms with van der Waals surface area (Å²) >= 11 is 0. The first-order valence-corrected chi connectivity index (χ1v) is 4.92. The van der Waals surface area contributed by atoms with Gasteiger partial charge in [0.25, 0.3) is 0 Å². The highest BCUT2D eigenvalue weighted by Gasteiger charge is 2.15. The van der Waals surface area contributed by atoms with Crippen LogP contribution < -0.4 is 0 Å². The lowest BCUT2D eigenvalue weighted by molar-refractivity contribution is 0.314. The molecule has 0 spiro atoms. The molecule has 0 aliphatic heterocycles. The van der Waals surface area contributed by atoms with E-state index in [9.17, 15) is 0 Å². The van der Waals surface area contributed by atoms with Crippen LogP contribution in [0.2, 0.25) is 0 Å². The number of allylic oxidation sites excluding steroid dienone is 2. The Labute approximate surface area is 78.1 Å². The van der Waals surface area contributed by atoms with Crippen LogP contribution in [0.5, 0.6) is 0 Å². The average molecular weight is 167 g/mol. The summed E-state index contributed by atoms with van der Waals surface area (Å²) in [7, 11) is 0. The average Bonchev–Trinajstić information content (AvgIpc) is 1.98. The van der Waals surface area contributed by atoms with Crippen LogP contribution in [0.25, 0.3) is 0 Å². The summed E-state index contributed by atoms with van der Waals surface area (Å²) in [5.74, 6) is 0.592. The van der Waals surface area contributed by atoms with Crippen LogP contribution in [0.1, 0.15) is 47.0 Å². The van der Waals surface area contributed by atoms with E-state index in [1.54, 1.807) is 0 Å². The van der Waals surface area contributed by atoms with Gasteiger partial charge in [0, 0.05) is 0 Å². The van der Waals surface area contributed by atoms with Gasteiger partial charge >= 0.3 is 0 Å². The van der Waals surface area contributed by atoms with Crippen LogP contribution in [0.4, 0.5) is 0 Å². The van der Waals surface area contributed by atoms with Crippen LogP contribution in [0.15, 0.2) is 12.2 Å². The van der Waals surface area contributed by atoms with Gasteiger partial charge < -0.3 is 0 Å². The standard InChI is InChI=1S/C12H23/c1-6-7-9-12(4,5)10-8-11(2)3/h6-7,11H,2,8-10H2,1,3-5H3. The van der Waals surface area contributed by atoms with Gasteiger partial charge in [-0.05, 0) is 31.1 Å². The zero-order valence-corrected chi connectivity index (χ0v) is 9.06. The van der Waals surface area contributed by atoms with E-state index < -0.39 is 0 Å². The Balaban J connectivity index is 3.70.